The molecule has 0 saturated heterocycles. The number of anilines is 1. The van der Waals surface area contributed by atoms with Crippen molar-refractivity contribution in [1.29, 1.82) is 10.8 Å². The quantitative estimate of drug-likeness (QED) is 0.590. The summed E-state index contributed by atoms with van der Waals surface area (Å²) < 4.78 is 6.44. The largest absolute Gasteiger partial charge is 0.432 e. The number of rotatable bonds is 3. The van der Waals surface area contributed by atoms with E-state index in [2.05, 4.69) is 17.2 Å². The van der Waals surface area contributed by atoms with E-state index in [1.807, 2.05) is 0 Å². The Bertz CT molecular complexity index is 760. The van der Waals surface area contributed by atoms with Crippen molar-refractivity contribution in [2.45, 2.75) is 25.7 Å². The molecule has 0 saturated carbocycles. The molecule has 0 bridgehead atoms. The molecule has 1 aliphatic carbocycles. The molecule has 3 N–H and O–H groups in total. The van der Waals surface area contributed by atoms with Crippen molar-refractivity contribution in [1.82, 2.24) is 9.55 Å². The molecule has 0 spiro atoms. The van der Waals surface area contributed by atoms with Gasteiger partial charge in [-0.25, -0.2) is 4.98 Å². The zero-order valence-corrected chi connectivity index (χ0v) is 11.5. The number of aromatic nitrogens is 2. The van der Waals surface area contributed by atoms with Gasteiger partial charge in [-0.15, -0.1) is 0 Å². The van der Waals surface area contributed by atoms with Crippen LogP contribution in [0.5, 0.6) is 0 Å². The summed E-state index contributed by atoms with van der Waals surface area (Å²) in [5.74, 6) is -0.139. The van der Waals surface area contributed by atoms with Crippen LogP contribution in [0.25, 0.3) is 0 Å². The first kappa shape index (κ1) is 13.3. The van der Waals surface area contributed by atoms with Gasteiger partial charge in [-0.3, -0.25) is 25.5 Å². The first-order chi connectivity index (χ1) is 10.1. The molecule has 7 nitrogen and oxygen atoms in total. The maximum Gasteiger partial charge on any atom is 0.301 e. The van der Waals surface area contributed by atoms with Gasteiger partial charge in [-0.05, 0) is 30.4 Å². The molecule has 2 aromatic rings. The van der Waals surface area contributed by atoms with Crippen molar-refractivity contribution in [3.05, 3.63) is 40.8 Å². The number of oxazole rings is 1. The summed E-state index contributed by atoms with van der Waals surface area (Å²) in [4.78, 5) is 16.1. The van der Waals surface area contributed by atoms with Crippen molar-refractivity contribution >= 4 is 18.3 Å². The molecule has 1 atom stereocenters. The van der Waals surface area contributed by atoms with E-state index in [1.54, 1.807) is 6.07 Å². The predicted octanol–water partition coefficient (Wildman–Crippen LogP) is 1.71. The minimum atomic E-state index is -0.458. The topological polar surface area (TPSA) is 108 Å². The van der Waals surface area contributed by atoms with Crippen LogP contribution < -0.4 is 10.8 Å². The van der Waals surface area contributed by atoms with Gasteiger partial charge in [0.25, 0.3) is 5.91 Å². The molecule has 2 heterocycles. The zero-order chi connectivity index (χ0) is 15.0. The Hall–Kier alpha value is -2.70. The number of nitrogens with one attached hydrogen (secondary N) is 3. The highest BCUT2D eigenvalue weighted by molar-refractivity contribution is 6.03. The Morgan fingerprint density at radius 2 is 2.43 bits per heavy atom. The maximum absolute atomic E-state index is 12.3. The molecular weight excluding hydrogens is 270 g/mol. The number of hydrogen-bond acceptors (Lipinski definition) is 5. The average Bonchev–Trinajstić information content (AvgIpc) is 3.09. The monoisotopic (exact) mass is 285 g/mol. The SMILES string of the molecule is CC1CCc2c1cc(C(=O)Nc1ncco1)c(=N)n2C=N. The summed E-state index contributed by atoms with van der Waals surface area (Å²) >= 11 is 0. The second-order valence-electron chi connectivity index (χ2n) is 5.04. The molecule has 0 aliphatic heterocycles. The van der Waals surface area contributed by atoms with Gasteiger partial charge in [-0.1, -0.05) is 6.92 Å². The molecule has 108 valence electrons. The van der Waals surface area contributed by atoms with E-state index in [-0.39, 0.29) is 17.1 Å². The Labute approximate surface area is 120 Å². The molecule has 1 unspecified atom stereocenters. The summed E-state index contributed by atoms with van der Waals surface area (Å²) in [7, 11) is 0. The van der Waals surface area contributed by atoms with Crippen LogP contribution in [0.3, 0.4) is 0 Å². The van der Waals surface area contributed by atoms with Crippen LogP contribution in [0.1, 0.15) is 40.9 Å². The molecule has 21 heavy (non-hydrogen) atoms. The molecule has 0 aromatic carbocycles. The molecule has 1 aliphatic rings. The standard InChI is InChI=1S/C14H15N5O2/c1-8-2-3-11-9(8)6-10(12(16)19(11)7-15)13(20)18-14-17-4-5-21-14/h4-8,15-16H,2-3H2,1H3,(H,17,18,20). The van der Waals surface area contributed by atoms with Crippen molar-refractivity contribution in [2.75, 3.05) is 5.32 Å². The number of carbonyl (C=O) groups excluding carboxylic acids is 1. The van der Waals surface area contributed by atoms with Crippen LogP contribution >= 0.6 is 0 Å². The lowest BCUT2D eigenvalue weighted by molar-refractivity contribution is 0.102. The maximum atomic E-state index is 12.3. The van der Waals surface area contributed by atoms with Crippen LogP contribution in [0, 0.1) is 10.8 Å². The minimum Gasteiger partial charge on any atom is -0.432 e. The number of hydrogen-bond donors (Lipinski definition) is 3. The summed E-state index contributed by atoms with van der Waals surface area (Å²) in [6, 6.07) is 1.84. The lowest BCUT2D eigenvalue weighted by Gasteiger charge is -2.13. The van der Waals surface area contributed by atoms with Crippen molar-refractivity contribution in [3.8, 4) is 0 Å². The normalized spacial score (nSPS) is 16.5. The molecule has 0 fully saturated rings. The van der Waals surface area contributed by atoms with E-state index < -0.39 is 5.91 Å². The summed E-state index contributed by atoms with van der Waals surface area (Å²) in [6.07, 6.45) is 5.66. The zero-order valence-electron chi connectivity index (χ0n) is 11.5. The highest BCUT2D eigenvalue weighted by Crippen LogP contribution is 2.31. The molecule has 2 aromatic heterocycles. The third-order valence-electron chi connectivity index (χ3n) is 3.79. The van der Waals surface area contributed by atoms with Crippen LogP contribution in [-0.4, -0.2) is 21.8 Å². The minimum absolute atomic E-state index is 0.00176. The van der Waals surface area contributed by atoms with Crippen molar-refractivity contribution in [2.24, 2.45) is 0 Å². The first-order valence-corrected chi connectivity index (χ1v) is 6.66. The highest BCUT2D eigenvalue weighted by Gasteiger charge is 2.25. The Kier molecular flexibility index (Phi) is 3.17. The van der Waals surface area contributed by atoms with E-state index in [0.717, 1.165) is 30.4 Å². The lowest BCUT2D eigenvalue weighted by atomic mass is 10.0. The molecule has 7 heteroatoms. The second kappa shape index (κ2) is 5.01. The van der Waals surface area contributed by atoms with Crippen LogP contribution in [0.2, 0.25) is 0 Å². The van der Waals surface area contributed by atoms with Crippen LogP contribution in [0.15, 0.2) is 22.9 Å². The van der Waals surface area contributed by atoms with Gasteiger partial charge < -0.3 is 4.42 Å². The number of carbonyl (C=O) groups is 1. The third-order valence-corrected chi connectivity index (χ3v) is 3.79. The molecular formula is C14H15N5O2. The van der Waals surface area contributed by atoms with E-state index in [9.17, 15) is 4.79 Å². The Balaban J connectivity index is 2.07. The summed E-state index contributed by atoms with van der Waals surface area (Å²) in [5.41, 5.74) is 2.17. The van der Waals surface area contributed by atoms with Gasteiger partial charge in [-0.2, -0.15) is 0 Å². The third kappa shape index (κ3) is 2.16. The Morgan fingerprint density at radius 3 is 3.10 bits per heavy atom. The fourth-order valence-electron chi connectivity index (χ4n) is 2.68. The van der Waals surface area contributed by atoms with E-state index in [1.165, 1.54) is 17.0 Å². The molecule has 0 radical (unpaired) electrons. The van der Waals surface area contributed by atoms with Gasteiger partial charge in [0.1, 0.15) is 11.8 Å². The summed E-state index contributed by atoms with van der Waals surface area (Å²) in [6.45, 7) is 2.08. The predicted molar refractivity (Wildman–Crippen MR) is 75.7 cm³/mol. The number of pyridine rings is 1. The lowest BCUT2D eigenvalue weighted by Crippen LogP contribution is -2.31. The van der Waals surface area contributed by atoms with E-state index >= 15 is 0 Å². The van der Waals surface area contributed by atoms with E-state index in [0.29, 0.717) is 5.92 Å². The summed E-state index contributed by atoms with van der Waals surface area (Å²) in [5, 5.41) is 18.2. The van der Waals surface area contributed by atoms with Crippen molar-refractivity contribution < 1.29 is 9.21 Å². The van der Waals surface area contributed by atoms with Gasteiger partial charge in [0.2, 0.25) is 0 Å². The number of nitrogens with zero attached hydrogens (tertiary/aromatic N) is 2. The molecule has 1 amide bonds. The molecule has 3 rings (SSSR count). The second-order valence-corrected chi connectivity index (χ2v) is 5.04. The number of fused-ring (bicyclic) bond motifs is 1. The van der Waals surface area contributed by atoms with Crippen molar-refractivity contribution in [3.63, 3.8) is 0 Å². The fraction of sp³-hybridized carbons (Fsp3) is 0.286. The van der Waals surface area contributed by atoms with Gasteiger partial charge in [0.15, 0.2) is 0 Å². The highest BCUT2D eigenvalue weighted by atomic mass is 16.4. The first-order valence-electron chi connectivity index (χ1n) is 6.66. The van der Waals surface area contributed by atoms with Gasteiger partial charge in [0, 0.05) is 5.69 Å². The van der Waals surface area contributed by atoms with E-state index in [4.69, 9.17) is 15.2 Å². The Morgan fingerprint density at radius 1 is 1.62 bits per heavy atom. The van der Waals surface area contributed by atoms with Crippen LogP contribution in [-0.2, 0) is 6.42 Å². The van der Waals surface area contributed by atoms with Gasteiger partial charge in [0.05, 0.1) is 18.1 Å². The van der Waals surface area contributed by atoms with Gasteiger partial charge >= 0.3 is 6.01 Å². The average molecular weight is 285 g/mol. The van der Waals surface area contributed by atoms with Crippen LogP contribution in [0.4, 0.5) is 6.01 Å². The fourth-order valence-corrected chi connectivity index (χ4v) is 2.68. The smallest absolute Gasteiger partial charge is 0.301 e. The number of amides is 1.